The molecule has 172 valence electrons. The van der Waals surface area contributed by atoms with Crippen LogP contribution in [0.3, 0.4) is 0 Å². The molecule has 0 bridgehead atoms. The Balaban J connectivity index is 1.26. The number of fused-ring (bicyclic) bond motifs is 4. The summed E-state index contributed by atoms with van der Waals surface area (Å²) in [5.41, 5.74) is 3.80. The molecule has 1 unspecified atom stereocenters. The SMILES string of the molecule is O=C(CSc1nc2sc3c(c2c(=O)n1CC1CCCO1)CCC3)N1CCc2ccccc2C1. The van der Waals surface area contributed by atoms with Crippen LogP contribution in [0.15, 0.2) is 34.2 Å². The topological polar surface area (TPSA) is 64.4 Å². The molecule has 1 aromatic carbocycles. The molecule has 1 aliphatic carbocycles. The van der Waals surface area contributed by atoms with E-state index in [2.05, 4.69) is 18.2 Å². The number of aryl methyl sites for hydroxylation is 2. The molecule has 4 heterocycles. The number of carbonyl (C=O) groups excluding carboxylic acids is 1. The van der Waals surface area contributed by atoms with Crippen LogP contribution in [-0.4, -0.2) is 45.4 Å². The van der Waals surface area contributed by atoms with Crippen molar-refractivity contribution in [3.05, 3.63) is 56.2 Å². The van der Waals surface area contributed by atoms with Gasteiger partial charge < -0.3 is 9.64 Å². The van der Waals surface area contributed by atoms with E-state index in [4.69, 9.17) is 9.72 Å². The monoisotopic (exact) mass is 481 g/mol. The van der Waals surface area contributed by atoms with Crippen LogP contribution in [0.25, 0.3) is 10.2 Å². The largest absolute Gasteiger partial charge is 0.376 e. The van der Waals surface area contributed by atoms with Crippen LogP contribution in [0.4, 0.5) is 0 Å². The molecule has 6 nitrogen and oxygen atoms in total. The van der Waals surface area contributed by atoms with E-state index in [9.17, 15) is 9.59 Å². The molecular formula is C25H27N3O3S2. The fraction of sp³-hybridized carbons (Fsp3) is 0.480. The second-order valence-electron chi connectivity index (χ2n) is 9.11. The van der Waals surface area contributed by atoms with E-state index in [1.807, 2.05) is 11.0 Å². The zero-order valence-electron chi connectivity index (χ0n) is 18.5. The molecule has 1 saturated heterocycles. The Kier molecular flexibility index (Phi) is 5.76. The summed E-state index contributed by atoms with van der Waals surface area (Å²) >= 11 is 3.05. The molecule has 1 atom stereocenters. The highest BCUT2D eigenvalue weighted by atomic mass is 32.2. The number of hydrogen-bond donors (Lipinski definition) is 0. The number of thiophene rings is 1. The molecule has 0 N–H and O–H groups in total. The average Bonchev–Trinajstić information content (AvgIpc) is 3.57. The van der Waals surface area contributed by atoms with Crippen molar-refractivity contribution in [2.45, 2.75) is 62.9 Å². The first kappa shape index (κ1) is 21.4. The fourth-order valence-corrected chi connectivity index (χ4v) is 7.46. The van der Waals surface area contributed by atoms with Gasteiger partial charge in [-0.3, -0.25) is 14.2 Å². The number of hydrogen-bond acceptors (Lipinski definition) is 6. The molecule has 0 spiro atoms. The van der Waals surface area contributed by atoms with Crippen molar-refractivity contribution >= 4 is 39.2 Å². The van der Waals surface area contributed by atoms with Gasteiger partial charge in [-0.15, -0.1) is 11.3 Å². The van der Waals surface area contributed by atoms with Crippen LogP contribution in [0, 0.1) is 0 Å². The third-order valence-corrected chi connectivity index (χ3v) is 9.15. The summed E-state index contributed by atoms with van der Waals surface area (Å²) in [6.45, 7) is 2.66. The summed E-state index contributed by atoms with van der Waals surface area (Å²) in [5, 5.41) is 1.45. The van der Waals surface area contributed by atoms with E-state index < -0.39 is 0 Å². The van der Waals surface area contributed by atoms with E-state index in [-0.39, 0.29) is 23.3 Å². The van der Waals surface area contributed by atoms with Crippen molar-refractivity contribution in [3.8, 4) is 0 Å². The number of aromatic nitrogens is 2. The Morgan fingerprint density at radius 3 is 2.91 bits per heavy atom. The fourth-order valence-electron chi connectivity index (χ4n) is 5.25. The van der Waals surface area contributed by atoms with Crippen molar-refractivity contribution in [1.29, 1.82) is 0 Å². The first-order valence-electron chi connectivity index (χ1n) is 11.8. The van der Waals surface area contributed by atoms with Gasteiger partial charge in [-0.25, -0.2) is 4.98 Å². The summed E-state index contributed by atoms with van der Waals surface area (Å²) in [7, 11) is 0. The van der Waals surface area contributed by atoms with Crippen molar-refractivity contribution in [2.24, 2.45) is 0 Å². The van der Waals surface area contributed by atoms with Gasteiger partial charge in [-0.2, -0.15) is 0 Å². The standard InChI is InChI=1S/C25H27N3O3S2/c29-21(27-11-10-16-5-1-2-6-17(16)13-27)15-32-25-26-23-22(19-8-3-9-20(19)33-23)24(30)28(25)14-18-7-4-12-31-18/h1-2,5-6,18H,3-4,7-15H2. The van der Waals surface area contributed by atoms with Gasteiger partial charge in [0.15, 0.2) is 5.16 Å². The number of amides is 1. The number of nitrogens with zero attached hydrogens (tertiary/aromatic N) is 3. The highest BCUT2D eigenvalue weighted by Gasteiger charge is 2.27. The Morgan fingerprint density at radius 2 is 2.06 bits per heavy atom. The van der Waals surface area contributed by atoms with Gasteiger partial charge in [-0.05, 0) is 55.2 Å². The zero-order chi connectivity index (χ0) is 22.4. The molecule has 2 aliphatic heterocycles. The zero-order valence-corrected chi connectivity index (χ0v) is 20.2. The molecule has 6 rings (SSSR count). The maximum Gasteiger partial charge on any atom is 0.263 e. The maximum absolute atomic E-state index is 13.6. The first-order chi connectivity index (χ1) is 16.2. The summed E-state index contributed by atoms with van der Waals surface area (Å²) in [5.74, 6) is 0.387. The summed E-state index contributed by atoms with van der Waals surface area (Å²) in [4.78, 5) is 35.7. The molecular weight excluding hydrogens is 454 g/mol. The molecule has 8 heteroatoms. The van der Waals surface area contributed by atoms with Gasteiger partial charge in [-0.1, -0.05) is 36.0 Å². The van der Waals surface area contributed by atoms with E-state index in [0.717, 1.165) is 61.9 Å². The lowest BCUT2D eigenvalue weighted by molar-refractivity contribution is -0.129. The predicted octanol–water partition coefficient (Wildman–Crippen LogP) is 3.80. The molecule has 1 amide bonds. The van der Waals surface area contributed by atoms with Gasteiger partial charge in [0.1, 0.15) is 4.83 Å². The molecule has 3 aliphatic rings. The van der Waals surface area contributed by atoms with Crippen LogP contribution < -0.4 is 5.56 Å². The van der Waals surface area contributed by atoms with E-state index in [1.54, 1.807) is 15.9 Å². The quantitative estimate of drug-likeness (QED) is 0.410. The van der Waals surface area contributed by atoms with Gasteiger partial charge in [0.25, 0.3) is 5.56 Å². The number of rotatable bonds is 5. The van der Waals surface area contributed by atoms with E-state index >= 15 is 0 Å². The van der Waals surface area contributed by atoms with Crippen LogP contribution >= 0.6 is 23.1 Å². The van der Waals surface area contributed by atoms with Crippen LogP contribution in [-0.2, 0) is 41.9 Å². The number of ether oxygens (including phenoxy) is 1. The molecule has 33 heavy (non-hydrogen) atoms. The average molecular weight is 482 g/mol. The first-order valence-corrected chi connectivity index (χ1v) is 13.6. The number of thioether (sulfide) groups is 1. The smallest absolute Gasteiger partial charge is 0.263 e. The van der Waals surface area contributed by atoms with Crippen molar-refractivity contribution < 1.29 is 9.53 Å². The van der Waals surface area contributed by atoms with Crippen LogP contribution in [0.2, 0.25) is 0 Å². The van der Waals surface area contributed by atoms with Crippen molar-refractivity contribution in [1.82, 2.24) is 14.5 Å². The minimum atomic E-state index is 0.0387. The number of benzene rings is 1. The highest BCUT2D eigenvalue weighted by Crippen LogP contribution is 2.36. The van der Waals surface area contributed by atoms with E-state index in [0.29, 0.717) is 18.2 Å². The third-order valence-electron chi connectivity index (χ3n) is 7.01. The normalized spacial score (nSPS) is 19.8. The van der Waals surface area contributed by atoms with Crippen LogP contribution in [0.1, 0.15) is 40.8 Å². The summed E-state index contributed by atoms with van der Waals surface area (Å²) < 4.78 is 7.62. The van der Waals surface area contributed by atoms with E-state index in [1.165, 1.54) is 33.3 Å². The van der Waals surface area contributed by atoms with Crippen molar-refractivity contribution in [3.63, 3.8) is 0 Å². The Hall–Kier alpha value is -2.16. The van der Waals surface area contributed by atoms with Gasteiger partial charge in [0.05, 0.1) is 23.8 Å². The van der Waals surface area contributed by atoms with Gasteiger partial charge in [0, 0.05) is 24.6 Å². The second kappa shape index (κ2) is 8.89. The highest BCUT2D eigenvalue weighted by molar-refractivity contribution is 7.99. The second-order valence-corrected chi connectivity index (χ2v) is 11.1. The van der Waals surface area contributed by atoms with Crippen LogP contribution in [0.5, 0.6) is 0 Å². The predicted molar refractivity (Wildman–Crippen MR) is 131 cm³/mol. The lowest BCUT2D eigenvalue weighted by atomic mass is 10.00. The molecule has 0 saturated carbocycles. The minimum absolute atomic E-state index is 0.0387. The van der Waals surface area contributed by atoms with Crippen molar-refractivity contribution in [2.75, 3.05) is 18.9 Å². The van der Waals surface area contributed by atoms with Gasteiger partial charge >= 0.3 is 0 Å². The lowest BCUT2D eigenvalue weighted by Crippen LogP contribution is -2.37. The number of carbonyl (C=O) groups is 1. The minimum Gasteiger partial charge on any atom is -0.376 e. The molecule has 0 radical (unpaired) electrons. The Morgan fingerprint density at radius 1 is 1.18 bits per heavy atom. The van der Waals surface area contributed by atoms with Gasteiger partial charge in [0.2, 0.25) is 5.91 Å². The Labute approximate surface area is 201 Å². The summed E-state index contributed by atoms with van der Waals surface area (Å²) in [6, 6.07) is 8.34. The Bertz CT molecular complexity index is 1280. The molecule has 2 aromatic heterocycles. The molecule has 3 aromatic rings. The third kappa shape index (κ3) is 4.02. The summed E-state index contributed by atoms with van der Waals surface area (Å²) in [6.07, 6.45) is 6.05. The maximum atomic E-state index is 13.6. The molecule has 1 fully saturated rings. The lowest BCUT2D eigenvalue weighted by Gasteiger charge is -2.28.